The normalized spacial score (nSPS) is 14.4. The average molecular weight is 287 g/mol. The summed E-state index contributed by atoms with van der Waals surface area (Å²) < 4.78 is 1.00. The molecule has 4 nitrogen and oxygen atoms in total. The minimum atomic E-state index is -0.992. The van der Waals surface area contributed by atoms with Gasteiger partial charge in [-0.25, -0.2) is 0 Å². The first-order chi connectivity index (χ1) is 7.50. The molecule has 4 N–H and O–H groups in total. The fourth-order valence-electron chi connectivity index (χ4n) is 1.28. The van der Waals surface area contributed by atoms with Gasteiger partial charge in [-0.1, -0.05) is 28.1 Å². The Bertz CT molecular complexity index is 371. The van der Waals surface area contributed by atoms with Crippen LogP contribution in [0.1, 0.15) is 18.5 Å². The number of carboxylic acids is 1. The Morgan fingerprint density at radius 1 is 1.62 bits per heavy atom. The molecular weight excluding hydrogens is 272 g/mol. The number of benzene rings is 1. The minimum Gasteiger partial charge on any atom is -0.480 e. The van der Waals surface area contributed by atoms with Crippen LogP contribution in [0.15, 0.2) is 28.7 Å². The van der Waals surface area contributed by atoms with Gasteiger partial charge in [0.1, 0.15) is 6.04 Å². The Hall–Kier alpha value is -0.910. The molecule has 5 heteroatoms. The maximum atomic E-state index is 10.5. The van der Waals surface area contributed by atoms with Gasteiger partial charge in [0.25, 0.3) is 0 Å². The number of halogens is 1. The summed E-state index contributed by atoms with van der Waals surface area (Å²) in [6.07, 6.45) is 0. The van der Waals surface area contributed by atoms with E-state index in [-0.39, 0.29) is 12.6 Å². The molecule has 16 heavy (non-hydrogen) atoms. The molecule has 88 valence electrons. The largest absolute Gasteiger partial charge is 0.480 e. The minimum absolute atomic E-state index is 0.0721. The number of nitrogens with two attached hydrogens (primary N) is 1. The molecule has 0 saturated heterocycles. The highest BCUT2D eigenvalue weighted by molar-refractivity contribution is 9.10. The van der Waals surface area contributed by atoms with Crippen molar-refractivity contribution in [2.75, 3.05) is 6.54 Å². The molecule has 0 aliphatic rings. The zero-order valence-corrected chi connectivity index (χ0v) is 10.6. The van der Waals surface area contributed by atoms with E-state index < -0.39 is 12.0 Å². The number of aliphatic carboxylic acids is 1. The molecule has 0 aliphatic heterocycles. The van der Waals surface area contributed by atoms with E-state index in [0.717, 1.165) is 10.0 Å². The quantitative estimate of drug-likeness (QED) is 0.767. The Morgan fingerprint density at radius 2 is 2.31 bits per heavy atom. The van der Waals surface area contributed by atoms with Gasteiger partial charge in [-0.3, -0.25) is 4.79 Å². The molecule has 0 saturated carbocycles. The second-order valence-electron chi connectivity index (χ2n) is 3.63. The van der Waals surface area contributed by atoms with Crippen molar-refractivity contribution >= 4 is 21.9 Å². The van der Waals surface area contributed by atoms with Crippen LogP contribution >= 0.6 is 15.9 Å². The Labute approximate surface area is 103 Å². The third-order valence-corrected chi connectivity index (χ3v) is 2.80. The molecule has 0 aliphatic carbocycles. The Morgan fingerprint density at radius 3 is 2.88 bits per heavy atom. The lowest BCUT2D eigenvalue weighted by Gasteiger charge is -2.16. The number of hydrogen-bond donors (Lipinski definition) is 3. The van der Waals surface area contributed by atoms with Gasteiger partial charge in [0.15, 0.2) is 0 Å². The third kappa shape index (κ3) is 3.92. The number of carboxylic acid groups (broad SMARTS) is 1. The molecule has 0 heterocycles. The smallest absolute Gasteiger partial charge is 0.321 e. The first kappa shape index (κ1) is 13.2. The van der Waals surface area contributed by atoms with E-state index >= 15 is 0 Å². The van der Waals surface area contributed by atoms with Crippen molar-refractivity contribution in [2.24, 2.45) is 5.73 Å². The lowest BCUT2D eigenvalue weighted by atomic mass is 10.1. The van der Waals surface area contributed by atoms with Crippen molar-refractivity contribution in [3.63, 3.8) is 0 Å². The first-order valence-corrected chi connectivity index (χ1v) is 5.77. The van der Waals surface area contributed by atoms with Crippen molar-refractivity contribution in [1.29, 1.82) is 0 Å². The van der Waals surface area contributed by atoms with Crippen molar-refractivity contribution in [3.8, 4) is 0 Å². The molecule has 0 aromatic heterocycles. The predicted molar refractivity (Wildman–Crippen MR) is 66.2 cm³/mol. The lowest BCUT2D eigenvalue weighted by Crippen LogP contribution is -2.41. The molecular formula is C11H15BrN2O2. The van der Waals surface area contributed by atoms with Gasteiger partial charge >= 0.3 is 5.97 Å². The van der Waals surface area contributed by atoms with Crippen LogP contribution in [0.2, 0.25) is 0 Å². The predicted octanol–water partition coefficient (Wildman–Crippen LogP) is 1.51. The number of rotatable bonds is 5. The number of hydrogen-bond acceptors (Lipinski definition) is 3. The van der Waals surface area contributed by atoms with Gasteiger partial charge in [0.05, 0.1) is 0 Å². The number of carbonyl (C=O) groups is 1. The zero-order chi connectivity index (χ0) is 12.1. The SMILES string of the molecule is C[C@H](NCC(N)C(=O)O)c1cccc(Br)c1. The van der Waals surface area contributed by atoms with E-state index in [1.807, 2.05) is 31.2 Å². The van der Waals surface area contributed by atoms with E-state index in [1.54, 1.807) is 0 Å². The summed E-state index contributed by atoms with van der Waals surface area (Å²) in [5.74, 6) is -0.992. The zero-order valence-electron chi connectivity index (χ0n) is 8.98. The van der Waals surface area contributed by atoms with Gasteiger partial charge in [0.2, 0.25) is 0 Å². The van der Waals surface area contributed by atoms with E-state index in [0.29, 0.717) is 0 Å². The first-order valence-electron chi connectivity index (χ1n) is 4.98. The Kier molecular flexibility index (Phi) is 4.92. The summed E-state index contributed by atoms with van der Waals surface area (Å²) in [7, 11) is 0. The molecule has 1 aromatic rings. The van der Waals surface area contributed by atoms with Gasteiger partial charge < -0.3 is 16.2 Å². The van der Waals surface area contributed by atoms with Crippen LogP contribution in [-0.4, -0.2) is 23.7 Å². The molecule has 1 unspecified atom stereocenters. The molecule has 0 amide bonds. The second-order valence-corrected chi connectivity index (χ2v) is 4.55. The maximum Gasteiger partial charge on any atom is 0.321 e. The summed E-state index contributed by atoms with van der Waals surface area (Å²) >= 11 is 3.39. The molecule has 0 fully saturated rings. The number of nitrogens with one attached hydrogen (secondary N) is 1. The van der Waals surface area contributed by atoms with E-state index in [4.69, 9.17) is 10.8 Å². The average Bonchev–Trinajstić information content (AvgIpc) is 2.25. The van der Waals surface area contributed by atoms with Crippen LogP contribution in [-0.2, 0) is 4.79 Å². The van der Waals surface area contributed by atoms with Crippen molar-refractivity contribution in [2.45, 2.75) is 19.0 Å². The van der Waals surface area contributed by atoms with Crippen molar-refractivity contribution in [3.05, 3.63) is 34.3 Å². The molecule has 2 atom stereocenters. The molecule has 0 bridgehead atoms. The highest BCUT2D eigenvalue weighted by Crippen LogP contribution is 2.17. The van der Waals surface area contributed by atoms with E-state index in [9.17, 15) is 4.79 Å². The topological polar surface area (TPSA) is 75.3 Å². The van der Waals surface area contributed by atoms with Crippen LogP contribution in [0.3, 0.4) is 0 Å². The summed E-state index contributed by atoms with van der Waals surface area (Å²) in [5.41, 5.74) is 6.49. The Balaban J connectivity index is 2.52. The monoisotopic (exact) mass is 286 g/mol. The standard InChI is InChI=1S/C11H15BrN2O2/c1-7(14-6-10(13)11(15)16)8-3-2-4-9(12)5-8/h2-5,7,10,14H,6,13H2,1H3,(H,15,16)/t7-,10?/m0/s1. The van der Waals surface area contributed by atoms with Gasteiger partial charge in [0, 0.05) is 17.1 Å². The fraction of sp³-hybridized carbons (Fsp3) is 0.364. The van der Waals surface area contributed by atoms with Gasteiger partial charge in [-0.2, -0.15) is 0 Å². The third-order valence-electron chi connectivity index (χ3n) is 2.31. The molecule has 1 aromatic carbocycles. The molecule has 1 rings (SSSR count). The molecule has 0 spiro atoms. The second kappa shape index (κ2) is 5.98. The van der Waals surface area contributed by atoms with Gasteiger partial charge in [-0.05, 0) is 24.6 Å². The van der Waals surface area contributed by atoms with Crippen molar-refractivity contribution in [1.82, 2.24) is 5.32 Å². The van der Waals surface area contributed by atoms with Crippen LogP contribution < -0.4 is 11.1 Å². The van der Waals surface area contributed by atoms with Crippen LogP contribution in [0.5, 0.6) is 0 Å². The maximum absolute atomic E-state index is 10.5. The van der Waals surface area contributed by atoms with E-state index in [2.05, 4.69) is 21.2 Å². The summed E-state index contributed by atoms with van der Waals surface area (Å²) in [6.45, 7) is 2.22. The van der Waals surface area contributed by atoms with E-state index in [1.165, 1.54) is 0 Å². The highest BCUT2D eigenvalue weighted by Gasteiger charge is 2.13. The van der Waals surface area contributed by atoms with Crippen LogP contribution in [0.4, 0.5) is 0 Å². The van der Waals surface area contributed by atoms with Crippen LogP contribution in [0.25, 0.3) is 0 Å². The molecule has 0 radical (unpaired) electrons. The van der Waals surface area contributed by atoms with Gasteiger partial charge in [-0.15, -0.1) is 0 Å². The highest BCUT2D eigenvalue weighted by atomic mass is 79.9. The summed E-state index contributed by atoms with van der Waals surface area (Å²) in [4.78, 5) is 10.5. The van der Waals surface area contributed by atoms with Crippen LogP contribution in [0, 0.1) is 0 Å². The summed E-state index contributed by atoms with van der Waals surface area (Å²) in [5, 5.41) is 11.7. The summed E-state index contributed by atoms with van der Waals surface area (Å²) in [6, 6.07) is 7.06. The lowest BCUT2D eigenvalue weighted by molar-refractivity contribution is -0.138. The fourth-order valence-corrected chi connectivity index (χ4v) is 1.70. The van der Waals surface area contributed by atoms with Crippen molar-refractivity contribution < 1.29 is 9.90 Å².